The van der Waals surface area contributed by atoms with Crippen molar-refractivity contribution in [2.75, 3.05) is 33.9 Å². The fourth-order valence-corrected chi connectivity index (χ4v) is 2.13. The number of benzene rings is 1. The predicted molar refractivity (Wildman–Crippen MR) is 79.8 cm³/mol. The minimum atomic E-state index is 0.496. The first-order valence-corrected chi connectivity index (χ1v) is 6.98. The van der Waals surface area contributed by atoms with Gasteiger partial charge in [-0.15, -0.1) is 0 Å². The van der Waals surface area contributed by atoms with E-state index < -0.39 is 0 Å². The topological polar surface area (TPSA) is 30.5 Å². The summed E-state index contributed by atoms with van der Waals surface area (Å²) < 4.78 is 10.6. The van der Waals surface area contributed by atoms with Gasteiger partial charge in [0.2, 0.25) is 0 Å². The van der Waals surface area contributed by atoms with Gasteiger partial charge in [-0.05, 0) is 42.5 Å². The molecule has 0 spiro atoms. The first kappa shape index (κ1) is 16.0. The van der Waals surface area contributed by atoms with E-state index in [0.29, 0.717) is 11.8 Å². The average molecular weight is 265 g/mol. The van der Waals surface area contributed by atoms with Gasteiger partial charge in [0.15, 0.2) is 0 Å². The molecule has 0 aromatic heterocycles. The third kappa shape index (κ3) is 6.60. The maximum Gasteiger partial charge on any atom is 0.119 e. The van der Waals surface area contributed by atoms with Crippen molar-refractivity contribution in [2.45, 2.75) is 20.3 Å². The highest BCUT2D eigenvalue weighted by Gasteiger charge is 2.10. The zero-order valence-corrected chi connectivity index (χ0v) is 12.6. The van der Waals surface area contributed by atoms with Gasteiger partial charge in [-0.1, -0.05) is 26.0 Å². The number of hydrogen-bond donors (Lipinski definition) is 1. The third-order valence-corrected chi connectivity index (χ3v) is 3.05. The second kappa shape index (κ2) is 8.94. The number of ether oxygens (including phenoxy) is 2. The maximum absolute atomic E-state index is 5.32. The first-order valence-electron chi connectivity index (χ1n) is 6.98. The smallest absolute Gasteiger partial charge is 0.119 e. The van der Waals surface area contributed by atoms with Crippen molar-refractivity contribution in [2.24, 2.45) is 11.8 Å². The second-order valence-corrected chi connectivity index (χ2v) is 5.43. The van der Waals surface area contributed by atoms with E-state index in [1.807, 2.05) is 12.1 Å². The number of methoxy groups -OCH3 is 2. The molecule has 3 nitrogen and oxygen atoms in total. The van der Waals surface area contributed by atoms with Crippen LogP contribution < -0.4 is 10.1 Å². The maximum atomic E-state index is 5.32. The lowest BCUT2D eigenvalue weighted by molar-refractivity contribution is 0.150. The Balaban J connectivity index is 2.51. The van der Waals surface area contributed by atoms with Crippen LogP contribution in [0.4, 0.5) is 0 Å². The molecule has 0 saturated carbocycles. The monoisotopic (exact) mass is 265 g/mol. The van der Waals surface area contributed by atoms with Crippen LogP contribution in [-0.2, 0) is 11.2 Å². The average Bonchev–Trinajstić information content (AvgIpc) is 2.38. The summed E-state index contributed by atoms with van der Waals surface area (Å²) in [5, 5.41) is 3.51. The van der Waals surface area contributed by atoms with Crippen molar-refractivity contribution < 1.29 is 9.47 Å². The number of rotatable bonds is 9. The first-order chi connectivity index (χ1) is 9.15. The van der Waals surface area contributed by atoms with Crippen LogP contribution in [0, 0.1) is 11.8 Å². The quantitative estimate of drug-likeness (QED) is 0.745. The van der Waals surface area contributed by atoms with E-state index >= 15 is 0 Å². The highest BCUT2D eigenvalue weighted by Crippen LogP contribution is 2.16. The van der Waals surface area contributed by atoms with Crippen LogP contribution in [0.25, 0.3) is 0 Å². The Bertz CT molecular complexity index is 352. The van der Waals surface area contributed by atoms with E-state index in [0.717, 1.165) is 31.9 Å². The zero-order valence-electron chi connectivity index (χ0n) is 12.6. The molecule has 0 heterocycles. The predicted octanol–water partition coefficient (Wildman–Crippen LogP) is 2.75. The van der Waals surface area contributed by atoms with Crippen molar-refractivity contribution in [1.82, 2.24) is 5.32 Å². The Morgan fingerprint density at radius 3 is 2.58 bits per heavy atom. The van der Waals surface area contributed by atoms with Gasteiger partial charge in [-0.2, -0.15) is 0 Å². The Hall–Kier alpha value is -1.06. The molecule has 1 aromatic rings. The second-order valence-electron chi connectivity index (χ2n) is 5.43. The lowest BCUT2D eigenvalue weighted by Gasteiger charge is -2.18. The summed E-state index contributed by atoms with van der Waals surface area (Å²) in [6.07, 6.45) is 1.01. The van der Waals surface area contributed by atoms with Crippen LogP contribution in [-0.4, -0.2) is 33.9 Å². The summed E-state index contributed by atoms with van der Waals surface area (Å²) in [6.45, 7) is 7.27. The van der Waals surface area contributed by atoms with E-state index in [1.54, 1.807) is 14.2 Å². The standard InChI is InChI=1S/C16H27NO2/c1-13(2)10-17-11-15(12-18-3)8-14-6-5-7-16(9-14)19-4/h5-7,9,13,15,17H,8,10-12H2,1-4H3. The van der Waals surface area contributed by atoms with Crippen LogP contribution in [0.15, 0.2) is 24.3 Å². The Morgan fingerprint density at radius 1 is 1.16 bits per heavy atom. The van der Waals surface area contributed by atoms with Crippen LogP contribution in [0.3, 0.4) is 0 Å². The SMILES string of the molecule is COCC(CNCC(C)C)Cc1cccc(OC)c1. The third-order valence-electron chi connectivity index (χ3n) is 3.05. The van der Waals surface area contributed by atoms with Gasteiger partial charge in [0.05, 0.1) is 13.7 Å². The molecule has 1 unspecified atom stereocenters. The molecule has 0 radical (unpaired) electrons. The molecule has 0 saturated heterocycles. The largest absolute Gasteiger partial charge is 0.497 e. The molecule has 0 aliphatic heterocycles. The molecule has 19 heavy (non-hydrogen) atoms. The van der Waals surface area contributed by atoms with Crippen molar-refractivity contribution in [3.8, 4) is 5.75 Å². The van der Waals surface area contributed by atoms with E-state index in [4.69, 9.17) is 9.47 Å². The molecule has 3 heteroatoms. The molecular formula is C16H27NO2. The highest BCUT2D eigenvalue weighted by molar-refractivity contribution is 5.28. The Labute approximate surface area is 117 Å². The van der Waals surface area contributed by atoms with Gasteiger partial charge in [0.1, 0.15) is 5.75 Å². The van der Waals surface area contributed by atoms with Crippen molar-refractivity contribution in [3.63, 3.8) is 0 Å². The molecule has 1 atom stereocenters. The lowest BCUT2D eigenvalue weighted by atomic mass is 9.99. The van der Waals surface area contributed by atoms with E-state index in [2.05, 4.69) is 31.3 Å². The van der Waals surface area contributed by atoms with E-state index in [-0.39, 0.29) is 0 Å². The number of hydrogen-bond acceptors (Lipinski definition) is 3. The van der Waals surface area contributed by atoms with Gasteiger partial charge in [0.25, 0.3) is 0 Å². The van der Waals surface area contributed by atoms with Gasteiger partial charge >= 0.3 is 0 Å². The molecule has 0 bridgehead atoms. The summed E-state index contributed by atoms with van der Waals surface area (Å²) in [5.74, 6) is 2.10. The van der Waals surface area contributed by atoms with E-state index in [1.165, 1.54) is 5.56 Å². The Morgan fingerprint density at radius 2 is 1.95 bits per heavy atom. The van der Waals surface area contributed by atoms with E-state index in [9.17, 15) is 0 Å². The molecule has 1 rings (SSSR count). The summed E-state index contributed by atoms with van der Waals surface area (Å²) in [6, 6.07) is 8.27. The Kier molecular flexibility index (Phi) is 7.53. The van der Waals surface area contributed by atoms with Crippen molar-refractivity contribution in [1.29, 1.82) is 0 Å². The lowest BCUT2D eigenvalue weighted by Crippen LogP contribution is -2.30. The molecule has 1 N–H and O–H groups in total. The van der Waals surface area contributed by atoms with Gasteiger partial charge in [-0.3, -0.25) is 0 Å². The summed E-state index contributed by atoms with van der Waals surface area (Å²) in [4.78, 5) is 0. The summed E-state index contributed by atoms with van der Waals surface area (Å²) in [5.41, 5.74) is 1.30. The number of nitrogens with one attached hydrogen (secondary N) is 1. The molecular weight excluding hydrogens is 238 g/mol. The van der Waals surface area contributed by atoms with Crippen molar-refractivity contribution >= 4 is 0 Å². The van der Waals surface area contributed by atoms with Crippen LogP contribution in [0.1, 0.15) is 19.4 Å². The van der Waals surface area contributed by atoms with Gasteiger partial charge < -0.3 is 14.8 Å². The van der Waals surface area contributed by atoms with Crippen molar-refractivity contribution in [3.05, 3.63) is 29.8 Å². The molecule has 0 aliphatic carbocycles. The van der Waals surface area contributed by atoms with Crippen LogP contribution in [0.5, 0.6) is 5.75 Å². The minimum absolute atomic E-state index is 0.496. The van der Waals surface area contributed by atoms with Crippen LogP contribution in [0.2, 0.25) is 0 Å². The van der Waals surface area contributed by atoms with Crippen LogP contribution >= 0.6 is 0 Å². The summed E-state index contributed by atoms with van der Waals surface area (Å²) >= 11 is 0. The zero-order chi connectivity index (χ0) is 14.1. The fourth-order valence-electron chi connectivity index (χ4n) is 2.13. The molecule has 0 fully saturated rings. The molecule has 108 valence electrons. The molecule has 1 aromatic carbocycles. The van der Waals surface area contributed by atoms with Gasteiger partial charge in [-0.25, -0.2) is 0 Å². The molecule has 0 amide bonds. The normalized spacial score (nSPS) is 12.7. The highest BCUT2D eigenvalue weighted by atomic mass is 16.5. The molecule has 0 aliphatic rings. The minimum Gasteiger partial charge on any atom is -0.497 e. The van der Waals surface area contributed by atoms with Gasteiger partial charge in [0, 0.05) is 13.7 Å². The fraction of sp³-hybridized carbons (Fsp3) is 0.625. The summed E-state index contributed by atoms with van der Waals surface area (Å²) in [7, 11) is 3.47.